The highest BCUT2D eigenvalue weighted by molar-refractivity contribution is 9.10. The molecule has 1 rings (SSSR count). The highest BCUT2D eigenvalue weighted by Gasteiger charge is 2.10. The third-order valence-corrected chi connectivity index (χ3v) is 3.13. The first-order chi connectivity index (χ1) is 7.54. The molecular formula is C14H20BrN. The lowest BCUT2D eigenvalue weighted by Gasteiger charge is -2.17. The smallest absolute Gasteiger partial charge is 0.0519 e. The summed E-state index contributed by atoms with van der Waals surface area (Å²) in [4.78, 5) is 0. The van der Waals surface area contributed by atoms with Crippen LogP contribution >= 0.6 is 15.9 Å². The van der Waals surface area contributed by atoms with Gasteiger partial charge in [-0.25, -0.2) is 0 Å². The second-order valence-electron chi connectivity index (χ2n) is 4.30. The molecular weight excluding hydrogens is 262 g/mol. The highest BCUT2D eigenvalue weighted by Crippen LogP contribution is 2.26. The zero-order chi connectivity index (χ0) is 12.1. The van der Waals surface area contributed by atoms with Crippen molar-refractivity contribution in [3.63, 3.8) is 0 Å². The third-order valence-electron chi connectivity index (χ3n) is 2.41. The molecule has 0 radical (unpaired) electrons. The molecule has 2 heteroatoms. The van der Waals surface area contributed by atoms with E-state index >= 15 is 0 Å². The number of hydrogen-bond donors (Lipinski definition) is 1. The molecule has 0 bridgehead atoms. The predicted molar refractivity (Wildman–Crippen MR) is 74.7 cm³/mol. The van der Waals surface area contributed by atoms with E-state index in [1.165, 1.54) is 21.2 Å². The van der Waals surface area contributed by atoms with Gasteiger partial charge in [-0.15, -0.1) is 0 Å². The third kappa shape index (κ3) is 3.76. The molecule has 1 nitrogen and oxygen atoms in total. The Morgan fingerprint density at radius 1 is 1.44 bits per heavy atom. The SMILES string of the molecule is CCNC(C=C(C)C)c1cc(C)ccc1Br. The summed E-state index contributed by atoms with van der Waals surface area (Å²) in [6, 6.07) is 6.77. The molecule has 88 valence electrons. The Kier molecular flexibility index (Phi) is 5.23. The maximum atomic E-state index is 3.62. The van der Waals surface area contributed by atoms with Gasteiger partial charge in [0.1, 0.15) is 0 Å². The van der Waals surface area contributed by atoms with Gasteiger partial charge in [0.05, 0.1) is 6.04 Å². The molecule has 0 aliphatic carbocycles. The van der Waals surface area contributed by atoms with Crippen LogP contribution in [0.5, 0.6) is 0 Å². The number of benzene rings is 1. The lowest BCUT2D eigenvalue weighted by atomic mass is 10.0. The van der Waals surface area contributed by atoms with E-state index in [9.17, 15) is 0 Å². The minimum absolute atomic E-state index is 0.296. The molecule has 0 heterocycles. The van der Waals surface area contributed by atoms with E-state index in [-0.39, 0.29) is 0 Å². The van der Waals surface area contributed by atoms with Crippen LogP contribution in [0.15, 0.2) is 34.3 Å². The van der Waals surface area contributed by atoms with Crippen molar-refractivity contribution in [2.24, 2.45) is 0 Å². The molecule has 1 atom stereocenters. The summed E-state index contributed by atoms with van der Waals surface area (Å²) in [7, 11) is 0. The lowest BCUT2D eigenvalue weighted by molar-refractivity contribution is 0.642. The van der Waals surface area contributed by atoms with Crippen LogP contribution in [0.1, 0.15) is 37.9 Å². The topological polar surface area (TPSA) is 12.0 Å². The zero-order valence-corrected chi connectivity index (χ0v) is 12.1. The first-order valence-electron chi connectivity index (χ1n) is 5.69. The Morgan fingerprint density at radius 3 is 2.69 bits per heavy atom. The Balaban J connectivity index is 3.09. The maximum Gasteiger partial charge on any atom is 0.0519 e. The number of rotatable bonds is 4. The summed E-state index contributed by atoms with van der Waals surface area (Å²) >= 11 is 3.62. The van der Waals surface area contributed by atoms with Crippen LogP contribution in [0.25, 0.3) is 0 Å². The standard InChI is InChI=1S/C14H20BrN/c1-5-16-14(8-10(2)3)12-9-11(4)6-7-13(12)15/h6-9,14,16H,5H2,1-4H3. The lowest BCUT2D eigenvalue weighted by Crippen LogP contribution is -2.19. The van der Waals surface area contributed by atoms with Gasteiger partial charge in [0.2, 0.25) is 0 Å². The van der Waals surface area contributed by atoms with Gasteiger partial charge in [-0.1, -0.05) is 52.2 Å². The Morgan fingerprint density at radius 2 is 2.12 bits per heavy atom. The van der Waals surface area contributed by atoms with Crippen LogP contribution in [0.2, 0.25) is 0 Å². The van der Waals surface area contributed by atoms with Crippen LogP contribution in [-0.2, 0) is 0 Å². The van der Waals surface area contributed by atoms with Crippen LogP contribution in [0, 0.1) is 6.92 Å². The Hall–Kier alpha value is -0.600. The molecule has 1 N–H and O–H groups in total. The molecule has 16 heavy (non-hydrogen) atoms. The molecule has 1 unspecified atom stereocenters. The normalized spacial score (nSPS) is 12.3. The van der Waals surface area contributed by atoms with Gasteiger partial charge in [-0.05, 0) is 38.9 Å². The maximum absolute atomic E-state index is 3.62. The number of halogens is 1. The van der Waals surface area contributed by atoms with Gasteiger partial charge in [0, 0.05) is 4.47 Å². The van der Waals surface area contributed by atoms with Crippen molar-refractivity contribution in [3.05, 3.63) is 45.4 Å². The predicted octanol–water partition coefficient (Wildman–Crippen LogP) is 4.37. The van der Waals surface area contributed by atoms with Gasteiger partial charge in [-0.3, -0.25) is 0 Å². The Bertz CT molecular complexity index is 378. The van der Waals surface area contributed by atoms with E-state index in [1.807, 2.05) is 0 Å². The van der Waals surface area contributed by atoms with E-state index in [4.69, 9.17) is 0 Å². The number of likely N-dealkylation sites (N-methyl/N-ethyl adjacent to an activating group) is 1. The van der Waals surface area contributed by atoms with Crippen molar-refractivity contribution in [1.82, 2.24) is 5.32 Å². The quantitative estimate of drug-likeness (QED) is 0.808. The molecule has 0 amide bonds. The number of aryl methyl sites for hydroxylation is 1. The van der Waals surface area contributed by atoms with Crippen LogP contribution in [0.4, 0.5) is 0 Å². The Labute approximate surface area is 107 Å². The molecule has 1 aromatic carbocycles. The molecule has 0 aliphatic heterocycles. The van der Waals surface area contributed by atoms with E-state index in [2.05, 4.69) is 73.2 Å². The number of hydrogen-bond acceptors (Lipinski definition) is 1. The van der Waals surface area contributed by atoms with Crippen molar-refractivity contribution in [3.8, 4) is 0 Å². The summed E-state index contributed by atoms with van der Waals surface area (Å²) < 4.78 is 1.17. The van der Waals surface area contributed by atoms with Gasteiger partial charge in [0.15, 0.2) is 0 Å². The molecule has 0 aromatic heterocycles. The number of nitrogens with one attached hydrogen (secondary N) is 1. The summed E-state index contributed by atoms with van der Waals surface area (Å²) in [6.45, 7) is 9.49. The van der Waals surface area contributed by atoms with Crippen LogP contribution in [-0.4, -0.2) is 6.54 Å². The van der Waals surface area contributed by atoms with Gasteiger partial charge in [0.25, 0.3) is 0 Å². The highest BCUT2D eigenvalue weighted by atomic mass is 79.9. The van der Waals surface area contributed by atoms with Crippen molar-refractivity contribution in [2.45, 2.75) is 33.7 Å². The van der Waals surface area contributed by atoms with Crippen LogP contribution in [0.3, 0.4) is 0 Å². The fraction of sp³-hybridized carbons (Fsp3) is 0.429. The van der Waals surface area contributed by atoms with Crippen LogP contribution < -0.4 is 5.32 Å². The van der Waals surface area contributed by atoms with E-state index in [1.54, 1.807) is 0 Å². The summed E-state index contributed by atoms with van der Waals surface area (Å²) in [5.74, 6) is 0. The average Bonchev–Trinajstić information content (AvgIpc) is 2.20. The van der Waals surface area contributed by atoms with Gasteiger partial charge < -0.3 is 5.32 Å². The number of allylic oxidation sites excluding steroid dienone is 1. The largest absolute Gasteiger partial charge is 0.307 e. The molecule has 0 fully saturated rings. The van der Waals surface area contributed by atoms with Gasteiger partial charge >= 0.3 is 0 Å². The average molecular weight is 282 g/mol. The molecule has 0 saturated carbocycles. The second-order valence-corrected chi connectivity index (χ2v) is 5.16. The van der Waals surface area contributed by atoms with E-state index in [0.29, 0.717) is 6.04 Å². The molecule has 0 aliphatic rings. The minimum atomic E-state index is 0.296. The van der Waals surface area contributed by atoms with Crippen molar-refractivity contribution < 1.29 is 0 Å². The summed E-state index contributed by atoms with van der Waals surface area (Å²) in [6.07, 6.45) is 2.27. The molecule has 1 aromatic rings. The van der Waals surface area contributed by atoms with E-state index < -0.39 is 0 Å². The minimum Gasteiger partial charge on any atom is -0.307 e. The summed E-state index contributed by atoms with van der Waals surface area (Å²) in [5, 5.41) is 3.49. The zero-order valence-electron chi connectivity index (χ0n) is 10.5. The van der Waals surface area contributed by atoms with Gasteiger partial charge in [-0.2, -0.15) is 0 Å². The first-order valence-corrected chi connectivity index (χ1v) is 6.48. The fourth-order valence-electron chi connectivity index (χ4n) is 1.71. The van der Waals surface area contributed by atoms with Crippen molar-refractivity contribution in [2.75, 3.05) is 6.54 Å². The van der Waals surface area contributed by atoms with E-state index in [0.717, 1.165) is 6.54 Å². The monoisotopic (exact) mass is 281 g/mol. The van der Waals surface area contributed by atoms with Crippen molar-refractivity contribution >= 4 is 15.9 Å². The van der Waals surface area contributed by atoms with Crippen molar-refractivity contribution in [1.29, 1.82) is 0 Å². The second kappa shape index (κ2) is 6.21. The fourth-order valence-corrected chi connectivity index (χ4v) is 2.21. The first kappa shape index (κ1) is 13.5. The molecule has 0 saturated heterocycles. The molecule has 0 spiro atoms. The summed E-state index contributed by atoms with van der Waals surface area (Å²) in [5.41, 5.74) is 3.94.